The molecule has 2 aliphatic rings. The van der Waals surface area contributed by atoms with Crippen LogP contribution in [0.5, 0.6) is 0 Å². The smallest absolute Gasteiger partial charge is 0.179 e. The third-order valence-corrected chi connectivity index (χ3v) is 5.92. The van der Waals surface area contributed by atoms with Gasteiger partial charge in [-0.05, 0) is 12.1 Å². The van der Waals surface area contributed by atoms with E-state index in [1.54, 1.807) is 24.3 Å². The molecule has 5 nitrogen and oxygen atoms in total. The first-order valence-corrected chi connectivity index (χ1v) is 9.03. The van der Waals surface area contributed by atoms with E-state index in [1.807, 2.05) is 6.07 Å². The minimum absolute atomic E-state index is 0.158. The number of likely N-dealkylation sites (tertiary alicyclic amines) is 1. The van der Waals surface area contributed by atoms with Crippen LogP contribution in [0.2, 0.25) is 0 Å². The SMILES string of the molecule is O=S(=O)(CCN1CCC2(CC1)OCCO2)c1ccccc1. The molecule has 21 heavy (non-hydrogen) atoms. The van der Waals surface area contributed by atoms with E-state index in [4.69, 9.17) is 9.47 Å². The standard InChI is InChI=1S/C15H21NO4S/c17-21(18,14-4-2-1-3-5-14)13-10-16-8-6-15(7-9-16)19-11-12-20-15/h1-5H,6-13H2. The minimum Gasteiger partial charge on any atom is -0.347 e. The van der Waals surface area contributed by atoms with Crippen molar-refractivity contribution >= 4 is 9.84 Å². The molecule has 2 aliphatic heterocycles. The molecule has 0 unspecified atom stereocenters. The molecule has 1 aromatic carbocycles. The highest BCUT2D eigenvalue weighted by molar-refractivity contribution is 7.91. The van der Waals surface area contributed by atoms with Crippen LogP contribution in [0, 0.1) is 0 Å². The van der Waals surface area contributed by atoms with Crippen LogP contribution in [0.25, 0.3) is 0 Å². The van der Waals surface area contributed by atoms with Crippen molar-refractivity contribution in [3.05, 3.63) is 30.3 Å². The minimum atomic E-state index is -3.19. The summed E-state index contributed by atoms with van der Waals surface area (Å²) in [7, 11) is -3.19. The Morgan fingerprint density at radius 2 is 1.67 bits per heavy atom. The zero-order chi connectivity index (χ0) is 14.8. The highest BCUT2D eigenvalue weighted by Crippen LogP contribution is 2.31. The Morgan fingerprint density at radius 3 is 2.29 bits per heavy atom. The van der Waals surface area contributed by atoms with Crippen molar-refractivity contribution in [2.24, 2.45) is 0 Å². The Morgan fingerprint density at radius 1 is 1.05 bits per heavy atom. The van der Waals surface area contributed by atoms with Crippen LogP contribution >= 0.6 is 0 Å². The number of sulfone groups is 1. The van der Waals surface area contributed by atoms with Crippen molar-refractivity contribution in [3.8, 4) is 0 Å². The van der Waals surface area contributed by atoms with Crippen molar-refractivity contribution in [3.63, 3.8) is 0 Å². The van der Waals surface area contributed by atoms with Gasteiger partial charge in [0.15, 0.2) is 15.6 Å². The number of nitrogens with zero attached hydrogens (tertiary/aromatic N) is 1. The molecular formula is C15H21NO4S. The molecule has 0 N–H and O–H groups in total. The number of benzene rings is 1. The van der Waals surface area contributed by atoms with Gasteiger partial charge in [0.1, 0.15) is 0 Å². The van der Waals surface area contributed by atoms with E-state index in [2.05, 4.69) is 4.90 Å². The fourth-order valence-corrected chi connectivity index (χ4v) is 4.20. The number of ether oxygens (including phenoxy) is 2. The Balaban J connectivity index is 1.52. The molecule has 0 atom stereocenters. The van der Waals surface area contributed by atoms with Crippen LogP contribution in [0.15, 0.2) is 35.2 Å². The predicted molar refractivity (Wildman–Crippen MR) is 78.8 cm³/mol. The Labute approximate surface area is 125 Å². The summed E-state index contributed by atoms with van der Waals surface area (Å²) in [5, 5.41) is 0. The molecule has 0 amide bonds. The van der Waals surface area contributed by atoms with Gasteiger partial charge in [-0.1, -0.05) is 18.2 Å². The maximum absolute atomic E-state index is 12.2. The summed E-state index contributed by atoms with van der Waals surface area (Å²) in [6.45, 7) is 3.55. The molecule has 3 rings (SSSR count). The van der Waals surface area contributed by atoms with Gasteiger partial charge in [0.2, 0.25) is 0 Å². The molecule has 2 saturated heterocycles. The molecule has 0 aromatic heterocycles. The van der Waals surface area contributed by atoms with Crippen molar-refractivity contribution in [2.75, 3.05) is 38.6 Å². The topological polar surface area (TPSA) is 55.8 Å². The van der Waals surface area contributed by atoms with E-state index in [0.717, 1.165) is 25.9 Å². The lowest BCUT2D eigenvalue weighted by molar-refractivity contribution is -0.184. The van der Waals surface area contributed by atoms with E-state index < -0.39 is 15.6 Å². The quantitative estimate of drug-likeness (QED) is 0.839. The van der Waals surface area contributed by atoms with Gasteiger partial charge in [-0.15, -0.1) is 0 Å². The fraction of sp³-hybridized carbons (Fsp3) is 0.600. The molecule has 6 heteroatoms. The van der Waals surface area contributed by atoms with Gasteiger partial charge < -0.3 is 14.4 Å². The van der Waals surface area contributed by atoms with E-state index in [9.17, 15) is 8.42 Å². The number of piperidine rings is 1. The van der Waals surface area contributed by atoms with Gasteiger partial charge >= 0.3 is 0 Å². The van der Waals surface area contributed by atoms with Gasteiger partial charge in [0.05, 0.1) is 23.9 Å². The second kappa shape index (κ2) is 6.04. The Kier molecular flexibility index (Phi) is 4.31. The van der Waals surface area contributed by atoms with Crippen LogP contribution in [0.3, 0.4) is 0 Å². The van der Waals surface area contributed by atoms with Crippen LogP contribution in [0.4, 0.5) is 0 Å². The average Bonchev–Trinajstić information content (AvgIpc) is 2.96. The monoisotopic (exact) mass is 311 g/mol. The Bertz CT molecular complexity index is 557. The lowest BCUT2D eigenvalue weighted by atomic mass is 10.0. The van der Waals surface area contributed by atoms with Crippen molar-refractivity contribution in [2.45, 2.75) is 23.5 Å². The van der Waals surface area contributed by atoms with Gasteiger partial charge in [-0.3, -0.25) is 0 Å². The Hall–Kier alpha value is -0.950. The first-order valence-electron chi connectivity index (χ1n) is 7.38. The second-order valence-corrected chi connectivity index (χ2v) is 7.69. The molecule has 0 radical (unpaired) electrons. The first kappa shape index (κ1) is 15.0. The summed E-state index contributed by atoms with van der Waals surface area (Å²) in [6, 6.07) is 8.64. The van der Waals surface area contributed by atoms with Crippen LogP contribution in [-0.4, -0.2) is 57.7 Å². The summed E-state index contributed by atoms with van der Waals surface area (Å²) in [5.74, 6) is -0.236. The lowest BCUT2D eigenvalue weighted by Gasteiger charge is -2.37. The lowest BCUT2D eigenvalue weighted by Crippen LogP contribution is -2.46. The number of hydrogen-bond donors (Lipinski definition) is 0. The molecule has 0 bridgehead atoms. The summed E-state index contributed by atoms with van der Waals surface area (Å²) in [6.07, 6.45) is 1.64. The number of hydrogen-bond acceptors (Lipinski definition) is 5. The molecule has 2 heterocycles. The molecule has 0 saturated carbocycles. The first-order chi connectivity index (χ1) is 10.1. The summed E-state index contributed by atoms with van der Waals surface area (Å²) >= 11 is 0. The van der Waals surface area contributed by atoms with Gasteiger partial charge in [-0.2, -0.15) is 0 Å². The summed E-state index contributed by atoms with van der Waals surface area (Å²) in [4.78, 5) is 2.58. The predicted octanol–water partition coefficient (Wildman–Crippen LogP) is 1.30. The van der Waals surface area contributed by atoms with Crippen molar-refractivity contribution in [1.29, 1.82) is 0 Å². The highest BCUT2D eigenvalue weighted by atomic mass is 32.2. The van der Waals surface area contributed by atoms with Crippen LogP contribution in [0.1, 0.15) is 12.8 Å². The van der Waals surface area contributed by atoms with E-state index in [1.165, 1.54) is 0 Å². The fourth-order valence-electron chi connectivity index (χ4n) is 2.90. The highest BCUT2D eigenvalue weighted by Gasteiger charge is 2.39. The molecule has 0 aliphatic carbocycles. The average molecular weight is 311 g/mol. The van der Waals surface area contributed by atoms with Crippen molar-refractivity contribution < 1.29 is 17.9 Å². The molecule has 116 valence electrons. The zero-order valence-corrected chi connectivity index (χ0v) is 12.8. The maximum Gasteiger partial charge on any atom is 0.179 e. The molecule has 2 fully saturated rings. The van der Waals surface area contributed by atoms with Crippen LogP contribution < -0.4 is 0 Å². The van der Waals surface area contributed by atoms with Crippen molar-refractivity contribution in [1.82, 2.24) is 4.90 Å². The van der Waals surface area contributed by atoms with E-state index in [0.29, 0.717) is 24.7 Å². The van der Waals surface area contributed by atoms with Crippen LogP contribution in [-0.2, 0) is 19.3 Å². The van der Waals surface area contributed by atoms with E-state index in [-0.39, 0.29) is 5.75 Å². The normalized spacial score (nSPS) is 22.7. The second-order valence-electron chi connectivity index (χ2n) is 5.58. The molecule has 1 spiro atoms. The van der Waals surface area contributed by atoms with Gasteiger partial charge in [-0.25, -0.2) is 8.42 Å². The third kappa shape index (κ3) is 3.45. The summed E-state index contributed by atoms with van der Waals surface area (Å²) < 4.78 is 35.9. The molecule has 1 aromatic rings. The van der Waals surface area contributed by atoms with E-state index >= 15 is 0 Å². The van der Waals surface area contributed by atoms with Gasteiger partial charge in [0, 0.05) is 32.5 Å². The largest absolute Gasteiger partial charge is 0.347 e. The maximum atomic E-state index is 12.2. The summed E-state index contributed by atoms with van der Waals surface area (Å²) in [5.41, 5.74) is 0. The third-order valence-electron chi connectivity index (χ3n) is 4.21. The van der Waals surface area contributed by atoms with Gasteiger partial charge in [0.25, 0.3) is 0 Å². The zero-order valence-electron chi connectivity index (χ0n) is 12.0. The number of rotatable bonds is 4. The molecular weight excluding hydrogens is 290 g/mol.